The topological polar surface area (TPSA) is 84.2 Å². The Bertz CT molecular complexity index is 784. The van der Waals surface area contributed by atoms with E-state index in [1.807, 2.05) is 31.2 Å². The van der Waals surface area contributed by atoms with Crippen molar-refractivity contribution in [3.63, 3.8) is 0 Å². The largest absolute Gasteiger partial charge is 0.393 e. The van der Waals surface area contributed by atoms with Crippen molar-refractivity contribution >= 4 is 10.0 Å². The number of hydrogen-bond acceptors (Lipinski definition) is 4. The Morgan fingerprint density at radius 2 is 2.04 bits per heavy atom. The SMILES string of the molecule is Cc1ccc(-n2cc(S(=O)(=O)NCC3CCCC(O)C3)cn2)cc1. The van der Waals surface area contributed by atoms with E-state index in [1.165, 1.54) is 12.4 Å². The molecule has 1 heterocycles. The van der Waals surface area contributed by atoms with Gasteiger partial charge in [-0.2, -0.15) is 5.10 Å². The van der Waals surface area contributed by atoms with Crippen molar-refractivity contribution in [2.45, 2.75) is 43.6 Å². The van der Waals surface area contributed by atoms with Gasteiger partial charge >= 0.3 is 0 Å². The summed E-state index contributed by atoms with van der Waals surface area (Å²) in [5, 5.41) is 13.8. The summed E-state index contributed by atoms with van der Waals surface area (Å²) in [6.07, 6.45) is 5.93. The highest BCUT2D eigenvalue weighted by Gasteiger charge is 2.23. The minimum atomic E-state index is -3.59. The highest BCUT2D eigenvalue weighted by Crippen LogP contribution is 2.24. The van der Waals surface area contributed by atoms with Crippen LogP contribution in [-0.2, 0) is 10.0 Å². The molecule has 0 aliphatic heterocycles. The molecule has 1 saturated carbocycles. The number of aryl methyl sites for hydroxylation is 1. The molecule has 7 heteroatoms. The number of aliphatic hydroxyl groups is 1. The smallest absolute Gasteiger partial charge is 0.243 e. The lowest BCUT2D eigenvalue weighted by Crippen LogP contribution is -2.32. The van der Waals surface area contributed by atoms with Gasteiger partial charge in [-0.1, -0.05) is 24.1 Å². The van der Waals surface area contributed by atoms with E-state index in [2.05, 4.69) is 9.82 Å². The lowest BCUT2D eigenvalue weighted by Gasteiger charge is -2.25. The maximum absolute atomic E-state index is 12.4. The third kappa shape index (κ3) is 4.03. The molecular weight excluding hydrogens is 326 g/mol. The van der Waals surface area contributed by atoms with E-state index in [9.17, 15) is 13.5 Å². The van der Waals surface area contributed by atoms with E-state index >= 15 is 0 Å². The van der Waals surface area contributed by atoms with Crippen LogP contribution in [0.1, 0.15) is 31.2 Å². The van der Waals surface area contributed by atoms with Crippen LogP contribution in [-0.4, -0.2) is 36.0 Å². The third-order valence-corrected chi connectivity index (χ3v) is 5.86. The molecule has 130 valence electrons. The normalized spacial score (nSPS) is 21.8. The van der Waals surface area contributed by atoms with Gasteiger partial charge in [0, 0.05) is 6.54 Å². The molecule has 0 spiro atoms. The molecule has 2 unspecified atom stereocenters. The van der Waals surface area contributed by atoms with Gasteiger partial charge in [-0.25, -0.2) is 17.8 Å². The van der Waals surface area contributed by atoms with E-state index in [0.29, 0.717) is 13.0 Å². The maximum atomic E-state index is 12.4. The first-order valence-corrected chi connectivity index (χ1v) is 9.72. The van der Waals surface area contributed by atoms with Gasteiger partial charge in [0.2, 0.25) is 10.0 Å². The molecule has 24 heavy (non-hydrogen) atoms. The zero-order valence-corrected chi connectivity index (χ0v) is 14.5. The van der Waals surface area contributed by atoms with Crippen LogP contribution in [0.2, 0.25) is 0 Å². The number of sulfonamides is 1. The zero-order chi connectivity index (χ0) is 17.2. The van der Waals surface area contributed by atoms with Gasteiger partial charge in [-0.05, 0) is 44.2 Å². The van der Waals surface area contributed by atoms with Crippen molar-refractivity contribution in [1.29, 1.82) is 0 Å². The second-order valence-corrected chi connectivity index (χ2v) is 8.26. The number of nitrogens with one attached hydrogen (secondary N) is 1. The summed E-state index contributed by atoms with van der Waals surface area (Å²) < 4.78 is 29.1. The molecule has 2 atom stereocenters. The Morgan fingerprint density at radius 1 is 1.29 bits per heavy atom. The van der Waals surface area contributed by atoms with Crippen LogP contribution in [0.25, 0.3) is 5.69 Å². The number of benzene rings is 1. The summed E-state index contributed by atoms with van der Waals surface area (Å²) in [4.78, 5) is 0.152. The van der Waals surface area contributed by atoms with Crippen molar-refractivity contribution in [2.24, 2.45) is 5.92 Å². The fourth-order valence-corrected chi connectivity index (χ4v) is 4.09. The predicted molar refractivity (Wildman–Crippen MR) is 91.5 cm³/mol. The van der Waals surface area contributed by atoms with E-state index in [0.717, 1.165) is 30.5 Å². The van der Waals surface area contributed by atoms with Gasteiger partial charge in [0.05, 0.1) is 24.2 Å². The van der Waals surface area contributed by atoms with Crippen molar-refractivity contribution < 1.29 is 13.5 Å². The molecule has 0 radical (unpaired) electrons. The van der Waals surface area contributed by atoms with Crippen molar-refractivity contribution in [2.75, 3.05) is 6.54 Å². The monoisotopic (exact) mass is 349 g/mol. The van der Waals surface area contributed by atoms with Crippen LogP contribution in [0.3, 0.4) is 0 Å². The van der Waals surface area contributed by atoms with E-state index in [4.69, 9.17) is 0 Å². The van der Waals surface area contributed by atoms with Crippen molar-refractivity contribution in [1.82, 2.24) is 14.5 Å². The number of aromatic nitrogens is 2. The quantitative estimate of drug-likeness (QED) is 0.865. The van der Waals surface area contributed by atoms with Crippen LogP contribution in [0, 0.1) is 12.8 Å². The Hall–Kier alpha value is -1.70. The van der Waals surface area contributed by atoms with Gasteiger partial charge in [0.15, 0.2) is 0 Å². The lowest BCUT2D eigenvalue weighted by atomic mass is 9.87. The standard InChI is InChI=1S/C17H23N3O3S/c1-13-5-7-15(8-6-13)20-12-17(11-18-20)24(22,23)19-10-14-3-2-4-16(21)9-14/h5-8,11-12,14,16,19,21H,2-4,9-10H2,1H3. The summed E-state index contributed by atoms with van der Waals surface area (Å²) in [5.41, 5.74) is 1.95. The van der Waals surface area contributed by atoms with Gasteiger partial charge in [0.1, 0.15) is 4.90 Å². The maximum Gasteiger partial charge on any atom is 0.243 e. The molecule has 1 aliphatic rings. The minimum Gasteiger partial charge on any atom is -0.393 e. The van der Waals surface area contributed by atoms with Crippen LogP contribution >= 0.6 is 0 Å². The molecule has 2 N–H and O–H groups in total. The molecule has 1 aliphatic carbocycles. The average molecular weight is 349 g/mol. The molecule has 1 aromatic carbocycles. The second kappa shape index (κ2) is 7.04. The summed E-state index contributed by atoms with van der Waals surface area (Å²) in [6, 6.07) is 7.71. The Kier molecular flexibility index (Phi) is 5.03. The average Bonchev–Trinajstić information content (AvgIpc) is 3.05. The fraction of sp³-hybridized carbons (Fsp3) is 0.471. The van der Waals surface area contributed by atoms with Crippen molar-refractivity contribution in [3.05, 3.63) is 42.2 Å². The van der Waals surface area contributed by atoms with Crippen LogP contribution in [0.15, 0.2) is 41.6 Å². The Morgan fingerprint density at radius 3 is 2.75 bits per heavy atom. The molecular formula is C17H23N3O3S. The Balaban J connectivity index is 1.67. The minimum absolute atomic E-state index is 0.152. The predicted octanol–water partition coefficient (Wildman–Crippen LogP) is 2.01. The summed E-state index contributed by atoms with van der Waals surface area (Å²) >= 11 is 0. The first-order chi connectivity index (χ1) is 11.4. The number of nitrogens with zero attached hydrogens (tertiary/aromatic N) is 2. The number of rotatable bonds is 5. The third-order valence-electron chi connectivity index (χ3n) is 4.48. The van der Waals surface area contributed by atoms with Crippen LogP contribution in [0.5, 0.6) is 0 Å². The summed E-state index contributed by atoms with van der Waals surface area (Å²) in [6.45, 7) is 2.35. The van der Waals surface area contributed by atoms with Crippen molar-refractivity contribution in [3.8, 4) is 5.69 Å². The molecule has 2 aromatic rings. The van der Waals surface area contributed by atoms with Crippen LogP contribution in [0.4, 0.5) is 0 Å². The Labute approximate surface area is 142 Å². The molecule has 0 saturated heterocycles. The summed E-state index contributed by atoms with van der Waals surface area (Å²) in [7, 11) is -3.59. The molecule has 0 amide bonds. The molecule has 1 aromatic heterocycles. The first kappa shape index (κ1) is 17.1. The fourth-order valence-electron chi connectivity index (χ4n) is 3.04. The molecule has 6 nitrogen and oxygen atoms in total. The van der Waals surface area contributed by atoms with E-state index < -0.39 is 10.0 Å². The first-order valence-electron chi connectivity index (χ1n) is 8.23. The molecule has 3 rings (SSSR count). The van der Waals surface area contributed by atoms with Gasteiger partial charge in [0.25, 0.3) is 0 Å². The number of aliphatic hydroxyl groups excluding tert-OH is 1. The van der Waals surface area contributed by atoms with Crippen LogP contribution < -0.4 is 4.72 Å². The van der Waals surface area contributed by atoms with E-state index in [1.54, 1.807) is 4.68 Å². The highest BCUT2D eigenvalue weighted by atomic mass is 32.2. The van der Waals surface area contributed by atoms with Gasteiger partial charge in [-0.15, -0.1) is 0 Å². The zero-order valence-electron chi connectivity index (χ0n) is 13.7. The van der Waals surface area contributed by atoms with E-state index in [-0.39, 0.29) is 16.9 Å². The van der Waals surface area contributed by atoms with Gasteiger partial charge in [-0.3, -0.25) is 0 Å². The summed E-state index contributed by atoms with van der Waals surface area (Å²) in [5.74, 6) is 0.190. The molecule has 0 bridgehead atoms. The number of hydrogen-bond donors (Lipinski definition) is 2. The second-order valence-electron chi connectivity index (χ2n) is 6.49. The highest BCUT2D eigenvalue weighted by molar-refractivity contribution is 7.89. The molecule has 1 fully saturated rings. The van der Waals surface area contributed by atoms with Gasteiger partial charge < -0.3 is 5.11 Å². The lowest BCUT2D eigenvalue weighted by molar-refractivity contribution is 0.102.